The molecule has 1 aliphatic rings. The number of nitrogens with two attached hydrogens (primary N) is 1. The van der Waals surface area contributed by atoms with E-state index in [0.717, 1.165) is 0 Å². The van der Waals surface area contributed by atoms with E-state index in [1.165, 1.54) is 18.4 Å². The maximum Gasteiger partial charge on any atom is 0.127 e. The van der Waals surface area contributed by atoms with Crippen LogP contribution in [0.5, 0.6) is 0 Å². The Morgan fingerprint density at radius 3 is 2.62 bits per heavy atom. The summed E-state index contributed by atoms with van der Waals surface area (Å²) in [4.78, 5) is 4.15. The molecule has 0 atom stereocenters. The van der Waals surface area contributed by atoms with E-state index in [0.29, 0.717) is 17.2 Å². The third-order valence-electron chi connectivity index (χ3n) is 3.27. The van der Waals surface area contributed by atoms with Crippen molar-refractivity contribution in [2.45, 2.75) is 32.1 Å². The number of hydrogen-bond acceptors (Lipinski definition) is 2. The fourth-order valence-corrected chi connectivity index (χ4v) is 2.13. The van der Waals surface area contributed by atoms with Crippen LogP contribution in [0, 0.1) is 5.92 Å². The van der Waals surface area contributed by atoms with E-state index in [2.05, 4.69) is 24.9 Å². The van der Waals surface area contributed by atoms with Gasteiger partial charge in [-0.3, -0.25) is 0 Å². The lowest BCUT2D eigenvalue weighted by Gasteiger charge is -2.20. The van der Waals surface area contributed by atoms with E-state index in [1.807, 2.05) is 6.07 Å². The van der Waals surface area contributed by atoms with Gasteiger partial charge in [-0.25, -0.2) is 4.98 Å². The molecule has 1 fully saturated rings. The molecule has 0 amide bonds. The minimum Gasteiger partial charge on any atom is -0.383 e. The molecule has 2 N–H and O–H groups in total. The Labute approximate surface area is 79.2 Å². The highest BCUT2D eigenvalue weighted by molar-refractivity contribution is 5.47. The third kappa shape index (κ3) is 1.21. The number of aromatic nitrogens is 1. The number of nitrogens with zero attached hydrogens (tertiary/aromatic N) is 1. The highest BCUT2D eigenvalue weighted by Crippen LogP contribution is 2.54. The van der Waals surface area contributed by atoms with Crippen molar-refractivity contribution in [2.24, 2.45) is 5.92 Å². The number of pyridine rings is 1. The molecule has 0 unspecified atom stereocenters. The van der Waals surface area contributed by atoms with Gasteiger partial charge >= 0.3 is 0 Å². The van der Waals surface area contributed by atoms with Gasteiger partial charge in [-0.15, -0.1) is 0 Å². The van der Waals surface area contributed by atoms with Gasteiger partial charge in [-0.2, -0.15) is 0 Å². The molecule has 1 heterocycles. The van der Waals surface area contributed by atoms with Gasteiger partial charge in [-0.1, -0.05) is 19.9 Å². The first-order valence-electron chi connectivity index (χ1n) is 4.88. The number of rotatable bonds is 2. The second kappa shape index (κ2) is 2.72. The molecule has 1 saturated carbocycles. The summed E-state index contributed by atoms with van der Waals surface area (Å²) in [7, 11) is 0. The van der Waals surface area contributed by atoms with Crippen LogP contribution >= 0.6 is 0 Å². The van der Waals surface area contributed by atoms with Crippen molar-refractivity contribution in [3.63, 3.8) is 0 Å². The Bertz CT molecular complexity index is 314. The molecule has 0 bridgehead atoms. The quantitative estimate of drug-likeness (QED) is 0.751. The summed E-state index contributed by atoms with van der Waals surface area (Å²) in [6.45, 7) is 4.53. The number of nitrogen functional groups attached to an aromatic ring is 1. The highest BCUT2D eigenvalue weighted by atomic mass is 14.8. The summed E-state index contributed by atoms with van der Waals surface area (Å²) in [5.41, 5.74) is 7.47. The van der Waals surface area contributed by atoms with E-state index < -0.39 is 0 Å². The average Bonchev–Trinajstić information content (AvgIpc) is 2.85. The monoisotopic (exact) mass is 176 g/mol. The predicted molar refractivity (Wildman–Crippen MR) is 54.4 cm³/mol. The summed E-state index contributed by atoms with van der Waals surface area (Å²) in [6.07, 6.45) is 4.29. The summed E-state index contributed by atoms with van der Waals surface area (Å²) < 4.78 is 0. The maximum atomic E-state index is 5.87. The summed E-state index contributed by atoms with van der Waals surface area (Å²) in [5.74, 6) is 1.38. The van der Waals surface area contributed by atoms with Crippen LogP contribution in [-0.4, -0.2) is 4.98 Å². The van der Waals surface area contributed by atoms with Gasteiger partial charge in [0.15, 0.2) is 0 Å². The largest absolute Gasteiger partial charge is 0.383 e. The molecule has 2 rings (SSSR count). The van der Waals surface area contributed by atoms with Crippen molar-refractivity contribution < 1.29 is 0 Å². The molecule has 2 nitrogen and oxygen atoms in total. The summed E-state index contributed by atoms with van der Waals surface area (Å²) in [6, 6.07) is 4.10. The molecule has 2 heteroatoms. The molecule has 1 aliphatic carbocycles. The topological polar surface area (TPSA) is 38.9 Å². The van der Waals surface area contributed by atoms with Crippen LogP contribution in [0.15, 0.2) is 18.3 Å². The lowest BCUT2D eigenvalue weighted by molar-refractivity contribution is 0.481. The minimum absolute atomic E-state index is 0.346. The smallest absolute Gasteiger partial charge is 0.127 e. The van der Waals surface area contributed by atoms with Gasteiger partial charge in [0.2, 0.25) is 0 Å². The lowest BCUT2D eigenvalue weighted by Crippen LogP contribution is -2.17. The van der Waals surface area contributed by atoms with Crippen molar-refractivity contribution in [2.75, 3.05) is 5.73 Å². The zero-order chi connectivity index (χ0) is 9.47. The molecule has 0 radical (unpaired) electrons. The summed E-state index contributed by atoms with van der Waals surface area (Å²) in [5, 5.41) is 0. The number of anilines is 1. The standard InChI is InChI=1S/C11H16N2/c1-8(2)11(5-6-11)9-4-3-7-13-10(9)12/h3-4,7-8H,5-6H2,1-2H3,(H2,12,13). The zero-order valence-corrected chi connectivity index (χ0v) is 8.25. The van der Waals surface area contributed by atoms with Gasteiger partial charge in [0.05, 0.1) is 0 Å². The van der Waals surface area contributed by atoms with Gasteiger partial charge in [0.25, 0.3) is 0 Å². The average molecular weight is 176 g/mol. The lowest BCUT2D eigenvalue weighted by atomic mass is 9.85. The van der Waals surface area contributed by atoms with E-state index in [-0.39, 0.29) is 0 Å². The molecular weight excluding hydrogens is 160 g/mol. The molecule has 13 heavy (non-hydrogen) atoms. The Balaban J connectivity index is 2.41. The van der Waals surface area contributed by atoms with E-state index in [1.54, 1.807) is 6.20 Å². The minimum atomic E-state index is 0.346. The SMILES string of the molecule is CC(C)C1(c2cccnc2N)CC1. The van der Waals surface area contributed by atoms with Crippen LogP contribution in [0.1, 0.15) is 32.3 Å². The van der Waals surface area contributed by atoms with Crippen molar-refractivity contribution in [1.82, 2.24) is 4.98 Å². The van der Waals surface area contributed by atoms with Crippen LogP contribution < -0.4 is 5.73 Å². The van der Waals surface area contributed by atoms with Gasteiger partial charge in [0.1, 0.15) is 5.82 Å². The van der Waals surface area contributed by atoms with Crippen LogP contribution in [0.25, 0.3) is 0 Å². The first kappa shape index (κ1) is 8.54. The molecule has 0 spiro atoms. The molecule has 0 aromatic carbocycles. The Morgan fingerprint density at radius 1 is 1.46 bits per heavy atom. The molecule has 1 aromatic heterocycles. The van der Waals surface area contributed by atoms with Crippen molar-refractivity contribution in [3.05, 3.63) is 23.9 Å². The molecule has 70 valence electrons. The zero-order valence-electron chi connectivity index (χ0n) is 8.25. The van der Waals surface area contributed by atoms with Crippen molar-refractivity contribution >= 4 is 5.82 Å². The van der Waals surface area contributed by atoms with Gasteiger partial charge < -0.3 is 5.73 Å². The normalized spacial score (nSPS) is 19.0. The van der Waals surface area contributed by atoms with Gasteiger partial charge in [-0.05, 0) is 24.8 Å². The van der Waals surface area contributed by atoms with Crippen LogP contribution in [0.2, 0.25) is 0 Å². The first-order chi connectivity index (χ1) is 6.17. The van der Waals surface area contributed by atoms with E-state index >= 15 is 0 Å². The van der Waals surface area contributed by atoms with Crippen LogP contribution in [0.3, 0.4) is 0 Å². The molecule has 0 aliphatic heterocycles. The molecule has 0 saturated heterocycles. The predicted octanol–water partition coefficient (Wildman–Crippen LogP) is 2.35. The summed E-state index contributed by atoms with van der Waals surface area (Å²) >= 11 is 0. The first-order valence-corrected chi connectivity index (χ1v) is 4.88. The Kier molecular flexibility index (Phi) is 1.79. The Hall–Kier alpha value is -1.05. The van der Waals surface area contributed by atoms with Gasteiger partial charge in [0, 0.05) is 17.2 Å². The van der Waals surface area contributed by atoms with Crippen molar-refractivity contribution in [1.29, 1.82) is 0 Å². The molecule has 1 aromatic rings. The van der Waals surface area contributed by atoms with Crippen molar-refractivity contribution in [3.8, 4) is 0 Å². The Morgan fingerprint density at radius 2 is 2.15 bits per heavy atom. The van der Waals surface area contributed by atoms with Crippen LogP contribution in [0.4, 0.5) is 5.82 Å². The maximum absolute atomic E-state index is 5.87. The second-order valence-corrected chi connectivity index (χ2v) is 4.25. The fraction of sp³-hybridized carbons (Fsp3) is 0.545. The number of hydrogen-bond donors (Lipinski definition) is 1. The fourth-order valence-electron chi connectivity index (χ4n) is 2.13. The third-order valence-corrected chi connectivity index (χ3v) is 3.27. The second-order valence-electron chi connectivity index (χ2n) is 4.25. The van der Waals surface area contributed by atoms with Crippen LogP contribution in [-0.2, 0) is 5.41 Å². The van der Waals surface area contributed by atoms with E-state index in [4.69, 9.17) is 5.73 Å². The van der Waals surface area contributed by atoms with E-state index in [9.17, 15) is 0 Å². The highest BCUT2D eigenvalue weighted by Gasteiger charge is 2.48. The molecular formula is C11H16N2.